The minimum Gasteiger partial charge on any atom is -0.481 e. The number of amides is 1. The SMILES string of the molecule is CC(C)NC(=O)C(C)Oc1ccc(-c2nc(Nc3ccc4[nH]ncc4c3)n[nH]2)cc1. The molecule has 0 aliphatic rings. The lowest BCUT2D eigenvalue weighted by Crippen LogP contribution is -2.39. The first-order valence-electron chi connectivity index (χ1n) is 9.68. The summed E-state index contributed by atoms with van der Waals surface area (Å²) < 4.78 is 5.70. The van der Waals surface area contributed by atoms with Crippen LogP contribution < -0.4 is 15.4 Å². The number of carbonyl (C=O) groups excluding carboxylic acids is 1. The molecule has 0 bridgehead atoms. The molecule has 0 spiro atoms. The number of aromatic nitrogens is 5. The second-order valence-corrected chi connectivity index (χ2v) is 7.25. The topological polar surface area (TPSA) is 121 Å². The zero-order chi connectivity index (χ0) is 21.1. The van der Waals surface area contributed by atoms with Crippen LogP contribution in [0.5, 0.6) is 5.75 Å². The molecule has 9 heteroatoms. The number of ether oxygens (including phenoxy) is 1. The van der Waals surface area contributed by atoms with E-state index in [9.17, 15) is 4.79 Å². The number of aromatic amines is 2. The van der Waals surface area contributed by atoms with Gasteiger partial charge in [-0.15, -0.1) is 5.10 Å². The summed E-state index contributed by atoms with van der Waals surface area (Å²) in [6, 6.07) is 13.3. The van der Waals surface area contributed by atoms with Crippen molar-refractivity contribution in [2.24, 2.45) is 0 Å². The van der Waals surface area contributed by atoms with Crippen molar-refractivity contribution < 1.29 is 9.53 Å². The molecule has 1 atom stereocenters. The van der Waals surface area contributed by atoms with Crippen molar-refractivity contribution >= 4 is 28.4 Å². The minimum absolute atomic E-state index is 0.0711. The lowest BCUT2D eigenvalue weighted by atomic mass is 10.2. The molecule has 0 saturated heterocycles. The van der Waals surface area contributed by atoms with Gasteiger partial charge in [0.15, 0.2) is 11.9 Å². The zero-order valence-corrected chi connectivity index (χ0v) is 16.9. The van der Waals surface area contributed by atoms with Crippen LogP contribution in [0.2, 0.25) is 0 Å². The molecule has 4 aromatic rings. The number of anilines is 2. The Labute approximate surface area is 173 Å². The Hall–Kier alpha value is -3.88. The second-order valence-electron chi connectivity index (χ2n) is 7.25. The van der Waals surface area contributed by atoms with Gasteiger partial charge in [0.1, 0.15) is 5.75 Å². The molecule has 9 nitrogen and oxygen atoms in total. The summed E-state index contributed by atoms with van der Waals surface area (Å²) in [5.41, 5.74) is 2.69. The van der Waals surface area contributed by atoms with Gasteiger partial charge in [0, 0.05) is 22.7 Å². The van der Waals surface area contributed by atoms with Crippen LogP contribution in [0.1, 0.15) is 20.8 Å². The van der Waals surface area contributed by atoms with Crippen molar-refractivity contribution in [3.63, 3.8) is 0 Å². The normalized spacial score (nSPS) is 12.1. The third-order valence-electron chi connectivity index (χ3n) is 4.42. The Morgan fingerprint density at radius 3 is 2.63 bits per heavy atom. The first-order chi connectivity index (χ1) is 14.5. The summed E-state index contributed by atoms with van der Waals surface area (Å²) in [5.74, 6) is 1.55. The fourth-order valence-corrected chi connectivity index (χ4v) is 2.95. The largest absolute Gasteiger partial charge is 0.481 e. The highest BCUT2D eigenvalue weighted by atomic mass is 16.5. The highest BCUT2D eigenvalue weighted by Gasteiger charge is 2.15. The van der Waals surface area contributed by atoms with E-state index in [2.05, 4.69) is 36.0 Å². The molecular weight excluding hydrogens is 382 g/mol. The Bertz CT molecular complexity index is 1150. The fourth-order valence-electron chi connectivity index (χ4n) is 2.95. The quantitative estimate of drug-likeness (QED) is 0.374. The second kappa shape index (κ2) is 8.24. The predicted molar refractivity (Wildman–Crippen MR) is 115 cm³/mol. The zero-order valence-electron chi connectivity index (χ0n) is 16.9. The maximum Gasteiger partial charge on any atom is 0.260 e. The molecule has 2 aromatic heterocycles. The van der Waals surface area contributed by atoms with E-state index in [0.29, 0.717) is 17.5 Å². The van der Waals surface area contributed by atoms with Crippen LogP contribution in [-0.2, 0) is 4.79 Å². The molecule has 0 aliphatic heterocycles. The molecule has 154 valence electrons. The first-order valence-corrected chi connectivity index (χ1v) is 9.68. The Kier molecular flexibility index (Phi) is 5.34. The van der Waals surface area contributed by atoms with Crippen LogP contribution in [0.4, 0.5) is 11.6 Å². The molecule has 0 saturated carbocycles. The number of nitrogens with one attached hydrogen (secondary N) is 4. The Balaban J connectivity index is 1.41. The predicted octanol–water partition coefficient (Wildman–Crippen LogP) is 3.38. The van der Waals surface area contributed by atoms with Gasteiger partial charge in [0.05, 0.1) is 11.7 Å². The third-order valence-corrected chi connectivity index (χ3v) is 4.42. The number of hydrogen-bond acceptors (Lipinski definition) is 6. The molecule has 1 amide bonds. The Morgan fingerprint density at radius 1 is 1.07 bits per heavy atom. The van der Waals surface area contributed by atoms with Gasteiger partial charge in [-0.2, -0.15) is 10.1 Å². The fraction of sp³-hybridized carbons (Fsp3) is 0.238. The molecular formula is C21H23N7O2. The van der Waals surface area contributed by atoms with Crippen LogP contribution in [-0.4, -0.2) is 43.4 Å². The minimum atomic E-state index is -0.577. The van der Waals surface area contributed by atoms with E-state index in [1.54, 1.807) is 25.3 Å². The van der Waals surface area contributed by atoms with Crippen molar-refractivity contribution in [3.05, 3.63) is 48.7 Å². The summed E-state index contributed by atoms with van der Waals surface area (Å²) in [7, 11) is 0. The smallest absolute Gasteiger partial charge is 0.260 e. The summed E-state index contributed by atoms with van der Waals surface area (Å²) in [6.45, 7) is 5.55. The maximum absolute atomic E-state index is 12.0. The number of H-pyrrole nitrogens is 2. The number of carbonyl (C=O) groups is 1. The number of fused-ring (bicyclic) bond motifs is 1. The lowest BCUT2D eigenvalue weighted by Gasteiger charge is -2.16. The monoisotopic (exact) mass is 405 g/mol. The van der Waals surface area contributed by atoms with Crippen LogP contribution in [0.25, 0.3) is 22.3 Å². The average molecular weight is 405 g/mol. The highest BCUT2D eigenvalue weighted by molar-refractivity contribution is 5.82. The van der Waals surface area contributed by atoms with Crippen molar-refractivity contribution in [1.29, 1.82) is 0 Å². The number of benzene rings is 2. The summed E-state index contributed by atoms with van der Waals surface area (Å²) in [6.07, 6.45) is 1.19. The van der Waals surface area contributed by atoms with E-state index in [1.807, 2.05) is 44.2 Å². The maximum atomic E-state index is 12.0. The van der Waals surface area contributed by atoms with Crippen LogP contribution in [0.15, 0.2) is 48.7 Å². The van der Waals surface area contributed by atoms with E-state index in [4.69, 9.17) is 4.74 Å². The van der Waals surface area contributed by atoms with Crippen molar-refractivity contribution in [2.45, 2.75) is 32.9 Å². The summed E-state index contributed by atoms with van der Waals surface area (Å²) >= 11 is 0. The first kappa shape index (κ1) is 19.4. The molecule has 30 heavy (non-hydrogen) atoms. The molecule has 4 N–H and O–H groups in total. The summed E-state index contributed by atoms with van der Waals surface area (Å²) in [4.78, 5) is 16.5. The van der Waals surface area contributed by atoms with E-state index in [0.717, 1.165) is 22.2 Å². The third kappa shape index (κ3) is 4.40. The van der Waals surface area contributed by atoms with Gasteiger partial charge in [-0.1, -0.05) is 0 Å². The van der Waals surface area contributed by atoms with Gasteiger partial charge in [-0.25, -0.2) is 0 Å². The molecule has 0 radical (unpaired) electrons. The number of hydrogen-bond donors (Lipinski definition) is 4. The van der Waals surface area contributed by atoms with E-state index in [-0.39, 0.29) is 11.9 Å². The number of rotatable bonds is 7. The van der Waals surface area contributed by atoms with E-state index >= 15 is 0 Å². The molecule has 2 aromatic carbocycles. The summed E-state index contributed by atoms with van der Waals surface area (Å²) in [5, 5.41) is 21.1. The highest BCUT2D eigenvalue weighted by Crippen LogP contribution is 2.23. The molecule has 2 heterocycles. The van der Waals surface area contributed by atoms with Gasteiger partial charge in [-0.05, 0) is 63.2 Å². The van der Waals surface area contributed by atoms with Crippen molar-refractivity contribution in [2.75, 3.05) is 5.32 Å². The van der Waals surface area contributed by atoms with E-state index in [1.165, 1.54) is 0 Å². The number of nitrogens with zero attached hydrogens (tertiary/aromatic N) is 3. The Morgan fingerprint density at radius 2 is 1.87 bits per heavy atom. The van der Waals surface area contributed by atoms with Gasteiger partial charge in [0.2, 0.25) is 5.95 Å². The van der Waals surface area contributed by atoms with Gasteiger partial charge >= 0.3 is 0 Å². The van der Waals surface area contributed by atoms with Gasteiger partial charge < -0.3 is 15.4 Å². The van der Waals surface area contributed by atoms with Crippen LogP contribution in [0.3, 0.4) is 0 Å². The molecule has 4 rings (SSSR count). The average Bonchev–Trinajstić information content (AvgIpc) is 3.37. The lowest BCUT2D eigenvalue weighted by molar-refractivity contribution is -0.127. The van der Waals surface area contributed by atoms with Crippen LogP contribution >= 0.6 is 0 Å². The molecule has 1 unspecified atom stereocenters. The van der Waals surface area contributed by atoms with Crippen LogP contribution in [0, 0.1) is 0 Å². The van der Waals surface area contributed by atoms with Crippen molar-refractivity contribution in [1.82, 2.24) is 30.7 Å². The van der Waals surface area contributed by atoms with Gasteiger partial charge in [0.25, 0.3) is 5.91 Å². The standard InChI is InChI=1S/C21H23N7O2/c1-12(2)23-20(29)13(3)30-17-7-4-14(5-8-17)19-25-21(28-27-19)24-16-6-9-18-15(10-16)11-22-26-18/h4-13H,1-3H3,(H,22,26)(H,23,29)(H2,24,25,27,28). The molecule has 0 aliphatic carbocycles. The molecule has 0 fully saturated rings. The van der Waals surface area contributed by atoms with Gasteiger partial charge in [-0.3, -0.25) is 15.0 Å². The van der Waals surface area contributed by atoms with E-state index < -0.39 is 6.10 Å². The van der Waals surface area contributed by atoms with Crippen molar-refractivity contribution in [3.8, 4) is 17.1 Å².